The van der Waals surface area contributed by atoms with Crippen LogP contribution in [0.1, 0.15) is 32.1 Å². The van der Waals surface area contributed by atoms with E-state index in [9.17, 15) is 4.79 Å². The van der Waals surface area contributed by atoms with Crippen molar-refractivity contribution in [1.29, 1.82) is 0 Å². The Morgan fingerprint density at radius 2 is 2.38 bits per heavy atom. The number of hydrogen-bond donors (Lipinski definition) is 0. The summed E-state index contributed by atoms with van der Waals surface area (Å²) < 4.78 is 6.01. The molecule has 2 nitrogen and oxygen atoms in total. The van der Waals surface area contributed by atoms with Crippen LogP contribution < -0.4 is 0 Å². The Labute approximate surface area is 101 Å². The maximum atomic E-state index is 11.3. The first-order valence-electron chi connectivity index (χ1n) is 6.22. The lowest BCUT2D eigenvalue weighted by Crippen LogP contribution is -2.40. The Morgan fingerprint density at radius 1 is 1.44 bits per heavy atom. The number of thioether (sulfide) groups is 1. The minimum atomic E-state index is 0.153. The monoisotopic (exact) mass is 238 g/mol. The fraction of sp³-hybridized carbons (Fsp3) is 0.769. The molecule has 16 heavy (non-hydrogen) atoms. The fourth-order valence-electron chi connectivity index (χ4n) is 3.15. The lowest BCUT2D eigenvalue weighted by Gasteiger charge is -2.38. The van der Waals surface area contributed by atoms with Gasteiger partial charge < -0.3 is 4.74 Å². The lowest BCUT2D eigenvalue weighted by molar-refractivity contribution is -0.114. The predicted molar refractivity (Wildman–Crippen MR) is 65.7 cm³/mol. The molecule has 1 aliphatic carbocycles. The van der Waals surface area contributed by atoms with Crippen LogP contribution in [0.25, 0.3) is 0 Å². The lowest BCUT2D eigenvalue weighted by atomic mass is 9.81. The molecule has 1 spiro atoms. The molecule has 2 heterocycles. The van der Waals surface area contributed by atoms with E-state index in [2.05, 4.69) is 0 Å². The fourth-order valence-corrected chi connectivity index (χ4v) is 4.53. The first-order valence-corrected chi connectivity index (χ1v) is 7.38. The van der Waals surface area contributed by atoms with Gasteiger partial charge in [0.1, 0.15) is 0 Å². The summed E-state index contributed by atoms with van der Waals surface area (Å²) in [6.07, 6.45) is 7.13. The van der Waals surface area contributed by atoms with Gasteiger partial charge in [0.2, 0.25) is 0 Å². The molecule has 2 atom stereocenters. The van der Waals surface area contributed by atoms with Gasteiger partial charge in [-0.2, -0.15) is 11.8 Å². The summed E-state index contributed by atoms with van der Waals surface area (Å²) in [5.41, 5.74) is 1.56. The maximum absolute atomic E-state index is 11.3. The Bertz CT molecular complexity index is 329. The van der Waals surface area contributed by atoms with Gasteiger partial charge in [-0.05, 0) is 43.4 Å². The number of carbonyl (C=O) groups is 1. The highest BCUT2D eigenvalue weighted by Gasteiger charge is 2.41. The zero-order chi connectivity index (χ0) is 11.0. The molecule has 0 aromatic carbocycles. The first kappa shape index (κ1) is 10.8. The molecule has 0 aromatic rings. The average Bonchev–Trinajstić information content (AvgIpc) is 2.89. The van der Waals surface area contributed by atoms with Gasteiger partial charge in [0, 0.05) is 18.8 Å². The van der Waals surface area contributed by atoms with Gasteiger partial charge in [0.15, 0.2) is 5.78 Å². The summed E-state index contributed by atoms with van der Waals surface area (Å²) in [7, 11) is 0. The van der Waals surface area contributed by atoms with Crippen molar-refractivity contribution in [2.45, 2.75) is 37.7 Å². The third-order valence-electron chi connectivity index (χ3n) is 4.09. The first-order chi connectivity index (χ1) is 7.77. The Kier molecular flexibility index (Phi) is 2.84. The minimum Gasteiger partial charge on any atom is -0.374 e. The van der Waals surface area contributed by atoms with Crippen molar-refractivity contribution in [3.8, 4) is 0 Å². The molecular formula is C13H18O2S. The zero-order valence-corrected chi connectivity index (χ0v) is 10.4. The molecule has 0 radical (unpaired) electrons. The van der Waals surface area contributed by atoms with E-state index in [1.807, 2.05) is 17.8 Å². The van der Waals surface area contributed by atoms with Gasteiger partial charge in [-0.25, -0.2) is 0 Å². The standard InChI is InChI=1S/C13H18O2S/c14-12-2-1-10(7-12)11-3-5-15-13(8-11)4-6-16-9-13/h7,11H,1-6,8-9H2. The molecule has 3 heteroatoms. The normalized spacial score (nSPS) is 39.4. The van der Waals surface area contributed by atoms with Crippen molar-refractivity contribution in [1.82, 2.24) is 0 Å². The summed E-state index contributed by atoms with van der Waals surface area (Å²) >= 11 is 2.01. The predicted octanol–water partition coefficient (Wildman–Crippen LogP) is 2.58. The van der Waals surface area contributed by atoms with Crippen LogP contribution in [-0.4, -0.2) is 29.5 Å². The van der Waals surface area contributed by atoms with Crippen LogP contribution in [0.3, 0.4) is 0 Å². The third kappa shape index (κ3) is 1.95. The van der Waals surface area contributed by atoms with Crippen LogP contribution >= 0.6 is 11.8 Å². The molecule has 2 aliphatic heterocycles. The van der Waals surface area contributed by atoms with E-state index in [0.29, 0.717) is 11.7 Å². The molecular weight excluding hydrogens is 220 g/mol. The second-order valence-electron chi connectivity index (χ2n) is 5.21. The number of rotatable bonds is 1. The maximum Gasteiger partial charge on any atom is 0.155 e. The van der Waals surface area contributed by atoms with Crippen LogP contribution in [0.5, 0.6) is 0 Å². The smallest absolute Gasteiger partial charge is 0.155 e. The molecule has 3 rings (SSSR count). The molecule has 2 fully saturated rings. The van der Waals surface area contributed by atoms with E-state index in [4.69, 9.17) is 4.74 Å². The van der Waals surface area contributed by atoms with E-state index in [0.717, 1.165) is 38.0 Å². The summed E-state index contributed by atoms with van der Waals surface area (Å²) in [6.45, 7) is 0.886. The Hall–Kier alpha value is -0.280. The zero-order valence-electron chi connectivity index (χ0n) is 9.54. The molecule has 0 N–H and O–H groups in total. The number of carbonyl (C=O) groups excluding carboxylic acids is 1. The average molecular weight is 238 g/mol. The van der Waals surface area contributed by atoms with Crippen molar-refractivity contribution < 1.29 is 9.53 Å². The third-order valence-corrected chi connectivity index (χ3v) is 5.31. The number of hydrogen-bond acceptors (Lipinski definition) is 3. The minimum absolute atomic E-state index is 0.153. The largest absolute Gasteiger partial charge is 0.374 e. The van der Waals surface area contributed by atoms with Crippen molar-refractivity contribution in [2.75, 3.05) is 18.1 Å². The van der Waals surface area contributed by atoms with Crippen LogP contribution in [0.4, 0.5) is 0 Å². The van der Waals surface area contributed by atoms with Crippen LogP contribution in [-0.2, 0) is 9.53 Å². The van der Waals surface area contributed by atoms with Crippen LogP contribution in [0, 0.1) is 5.92 Å². The molecule has 0 amide bonds. The second kappa shape index (κ2) is 4.19. The Morgan fingerprint density at radius 3 is 3.06 bits per heavy atom. The van der Waals surface area contributed by atoms with Crippen molar-refractivity contribution in [3.05, 3.63) is 11.6 Å². The molecule has 0 aromatic heterocycles. The summed E-state index contributed by atoms with van der Waals surface area (Å²) in [6, 6.07) is 0. The SMILES string of the molecule is O=C1C=C(C2CCOC3(CCSC3)C2)CC1. The van der Waals surface area contributed by atoms with Gasteiger partial charge in [-0.3, -0.25) is 4.79 Å². The summed E-state index contributed by atoms with van der Waals surface area (Å²) in [4.78, 5) is 11.3. The number of allylic oxidation sites excluding steroid dienone is 2. The molecule has 2 saturated heterocycles. The van der Waals surface area contributed by atoms with E-state index >= 15 is 0 Å². The highest BCUT2D eigenvalue weighted by molar-refractivity contribution is 7.99. The molecule has 3 aliphatic rings. The van der Waals surface area contributed by atoms with E-state index in [1.54, 1.807) is 0 Å². The van der Waals surface area contributed by atoms with Crippen molar-refractivity contribution in [2.24, 2.45) is 5.92 Å². The van der Waals surface area contributed by atoms with Gasteiger partial charge in [0.25, 0.3) is 0 Å². The van der Waals surface area contributed by atoms with Gasteiger partial charge in [-0.15, -0.1) is 0 Å². The number of ketones is 1. The van der Waals surface area contributed by atoms with E-state index < -0.39 is 0 Å². The molecule has 0 saturated carbocycles. The van der Waals surface area contributed by atoms with Crippen molar-refractivity contribution in [3.63, 3.8) is 0 Å². The molecule has 2 unspecified atom stereocenters. The highest BCUT2D eigenvalue weighted by atomic mass is 32.2. The van der Waals surface area contributed by atoms with Crippen LogP contribution in [0.2, 0.25) is 0 Å². The summed E-state index contributed by atoms with van der Waals surface area (Å²) in [5.74, 6) is 3.35. The molecule has 88 valence electrons. The quantitative estimate of drug-likeness (QED) is 0.702. The van der Waals surface area contributed by atoms with E-state index in [1.165, 1.54) is 17.7 Å². The highest BCUT2D eigenvalue weighted by Crippen LogP contribution is 2.43. The van der Waals surface area contributed by atoms with Gasteiger partial charge in [0.05, 0.1) is 5.60 Å². The second-order valence-corrected chi connectivity index (χ2v) is 6.31. The number of ether oxygens (including phenoxy) is 1. The van der Waals surface area contributed by atoms with Crippen LogP contribution in [0.15, 0.2) is 11.6 Å². The summed E-state index contributed by atoms with van der Waals surface area (Å²) in [5, 5.41) is 0. The Balaban J connectivity index is 1.72. The van der Waals surface area contributed by atoms with Crippen molar-refractivity contribution >= 4 is 17.5 Å². The van der Waals surface area contributed by atoms with Gasteiger partial charge in [-0.1, -0.05) is 5.57 Å². The molecule has 0 bridgehead atoms. The van der Waals surface area contributed by atoms with Gasteiger partial charge >= 0.3 is 0 Å². The van der Waals surface area contributed by atoms with E-state index in [-0.39, 0.29) is 5.60 Å². The topological polar surface area (TPSA) is 26.3 Å².